The maximum atomic E-state index is 12.5. The minimum atomic E-state index is -0.834. The number of hydrogen-bond donors (Lipinski definition) is 4. The Bertz CT molecular complexity index is 853. The second-order valence-electron chi connectivity index (χ2n) is 8.01. The zero-order valence-electron chi connectivity index (χ0n) is 18.3. The van der Waals surface area contributed by atoms with Crippen LogP contribution in [0.4, 0.5) is 0 Å². The second-order valence-corrected chi connectivity index (χ2v) is 8.01. The highest BCUT2D eigenvalue weighted by molar-refractivity contribution is 5.96. The summed E-state index contributed by atoms with van der Waals surface area (Å²) in [5, 5.41) is 10.3. The van der Waals surface area contributed by atoms with E-state index in [1.807, 2.05) is 30.3 Å². The van der Waals surface area contributed by atoms with E-state index in [9.17, 15) is 24.0 Å². The summed E-state index contributed by atoms with van der Waals surface area (Å²) in [7, 11) is 0. The minimum Gasteiger partial charge on any atom is -0.356 e. The van der Waals surface area contributed by atoms with Crippen LogP contribution in [-0.2, 0) is 24.0 Å². The van der Waals surface area contributed by atoms with E-state index in [0.29, 0.717) is 19.3 Å². The molecule has 1 aliphatic rings. The van der Waals surface area contributed by atoms with Crippen LogP contribution in [0.5, 0.6) is 0 Å². The van der Waals surface area contributed by atoms with Crippen molar-refractivity contribution in [2.24, 2.45) is 11.8 Å². The van der Waals surface area contributed by atoms with Gasteiger partial charge in [-0.25, -0.2) is 0 Å². The van der Waals surface area contributed by atoms with Gasteiger partial charge in [-0.2, -0.15) is 0 Å². The van der Waals surface area contributed by atoms with Crippen LogP contribution >= 0.6 is 0 Å². The van der Waals surface area contributed by atoms with Gasteiger partial charge in [0.2, 0.25) is 23.6 Å². The summed E-state index contributed by atoms with van der Waals surface area (Å²) in [5.74, 6) is -2.14. The first-order valence-corrected chi connectivity index (χ1v) is 10.6. The van der Waals surface area contributed by atoms with Gasteiger partial charge in [0.05, 0.1) is 12.6 Å². The number of nitrogens with one attached hydrogen (secondary N) is 4. The molecule has 0 radical (unpaired) electrons. The summed E-state index contributed by atoms with van der Waals surface area (Å²) in [6, 6.07) is 7.63. The third kappa shape index (κ3) is 7.98. The van der Waals surface area contributed by atoms with Crippen molar-refractivity contribution >= 4 is 36.0 Å². The monoisotopic (exact) mass is 442 g/mol. The summed E-state index contributed by atoms with van der Waals surface area (Å²) in [5.41, 5.74) is 0.852. The van der Waals surface area contributed by atoms with Crippen molar-refractivity contribution in [2.45, 2.75) is 38.8 Å². The number of carbonyl (C=O) groups excluding carboxylic acids is 5. The number of amides is 4. The summed E-state index contributed by atoms with van der Waals surface area (Å²) in [6.45, 7) is 3.77. The zero-order chi connectivity index (χ0) is 23.5. The Kier molecular flexibility index (Phi) is 9.59. The Morgan fingerprint density at radius 3 is 2.47 bits per heavy atom. The van der Waals surface area contributed by atoms with Crippen molar-refractivity contribution in [1.82, 2.24) is 21.3 Å². The predicted molar refractivity (Wildman–Crippen MR) is 119 cm³/mol. The van der Waals surface area contributed by atoms with E-state index in [1.54, 1.807) is 19.9 Å². The fraction of sp³-hybridized carbons (Fsp3) is 0.435. The molecule has 9 nitrogen and oxygen atoms in total. The second kappa shape index (κ2) is 12.4. The standard InChI is InChI=1S/C23H30N4O5/c1-15(2)21(27-19(29)9-8-16-6-4-3-5-7-16)23(32)25-13-20(30)26-18(14-28)12-17-10-11-24-22(17)31/h3-9,14-15,17-18,21H,10-13H2,1-2H3,(H,24,31)(H,25,32)(H,26,30)(H,27,29)/b9-8+. The highest BCUT2D eigenvalue weighted by Crippen LogP contribution is 2.15. The maximum Gasteiger partial charge on any atom is 0.244 e. The molecule has 0 bridgehead atoms. The van der Waals surface area contributed by atoms with Crippen molar-refractivity contribution in [3.63, 3.8) is 0 Å². The van der Waals surface area contributed by atoms with Crippen LogP contribution in [0.15, 0.2) is 36.4 Å². The van der Waals surface area contributed by atoms with Gasteiger partial charge in [-0.1, -0.05) is 44.2 Å². The lowest BCUT2D eigenvalue weighted by molar-refractivity contribution is -0.130. The SMILES string of the molecule is CC(C)C(NC(=O)/C=C/c1ccccc1)C(=O)NCC(=O)NC(C=O)CC1CCNC1=O. The van der Waals surface area contributed by atoms with Crippen LogP contribution in [0.1, 0.15) is 32.3 Å². The van der Waals surface area contributed by atoms with Crippen LogP contribution in [0.2, 0.25) is 0 Å². The summed E-state index contributed by atoms with van der Waals surface area (Å²) < 4.78 is 0. The number of benzene rings is 1. The molecule has 1 heterocycles. The highest BCUT2D eigenvalue weighted by atomic mass is 16.2. The normalized spacial score (nSPS) is 17.5. The van der Waals surface area contributed by atoms with Gasteiger partial charge in [-0.05, 0) is 30.4 Å². The van der Waals surface area contributed by atoms with Gasteiger partial charge in [0.15, 0.2) is 0 Å². The molecule has 0 saturated carbocycles. The lowest BCUT2D eigenvalue weighted by Gasteiger charge is -2.21. The molecular formula is C23H30N4O5. The number of aldehydes is 1. The predicted octanol–water partition coefficient (Wildman–Crippen LogP) is 0.167. The van der Waals surface area contributed by atoms with Gasteiger partial charge in [0, 0.05) is 18.5 Å². The molecule has 9 heteroatoms. The third-order valence-corrected chi connectivity index (χ3v) is 5.11. The molecule has 1 fully saturated rings. The average molecular weight is 443 g/mol. The first-order valence-electron chi connectivity index (χ1n) is 10.6. The molecule has 0 aromatic heterocycles. The molecular weight excluding hydrogens is 412 g/mol. The Morgan fingerprint density at radius 2 is 1.88 bits per heavy atom. The molecule has 4 N–H and O–H groups in total. The zero-order valence-corrected chi connectivity index (χ0v) is 18.3. The number of hydrogen-bond acceptors (Lipinski definition) is 5. The fourth-order valence-corrected chi connectivity index (χ4v) is 3.33. The average Bonchev–Trinajstić information content (AvgIpc) is 3.18. The molecule has 172 valence electrons. The largest absolute Gasteiger partial charge is 0.356 e. The van der Waals surface area contributed by atoms with Crippen LogP contribution in [-0.4, -0.2) is 55.1 Å². The molecule has 1 aromatic rings. The van der Waals surface area contributed by atoms with Gasteiger partial charge < -0.3 is 26.1 Å². The topological polar surface area (TPSA) is 133 Å². The molecule has 1 saturated heterocycles. The van der Waals surface area contributed by atoms with E-state index in [4.69, 9.17) is 0 Å². The first kappa shape index (κ1) is 24.8. The van der Waals surface area contributed by atoms with E-state index >= 15 is 0 Å². The molecule has 1 aromatic carbocycles. The molecule has 0 spiro atoms. The van der Waals surface area contributed by atoms with Gasteiger partial charge in [-0.3, -0.25) is 19.2 Å². The van der Waals surface area contributed by atoms with Crippen LogP contribution < -0.4 is 21.3 Å². The van der Waals surface area contributed by atoms with Gasteiger partial charge in [-0.15, -0.1) is 0 Å². The van der Waals surface area contributed by atoms with Gasteiger partial charge >= 0.3 is 0 Å². The highest BCUT2D eigenvalue weighted by Gasteiger charge is 2.28. The molecule has 32 heavy (non-hydrogen) atoms. The Hall–Kier alpha value is -3.49. The third-order valence-electron chi connectivity index (χ3n) is 5.11. The quantitative estimate of drug-likeness (QED) is 0.286. The molecule has 3 unspecified atom stereocenters. The van der Waals surface area contributed by atoms with E-state index in [-0.39, 0.29) is 30.7 Å². The van der Waals surface area contributed by atoms with Crippen molar-refractivity contribution in [2.75, 3.05) is 13.1 Å². The molecule has 3 atom stereocenters. The van der Waals surface area contributed by atoms with E-state index in [1.165, 1.54) is 6.08 Å². The first-order chi connectivity index (χ1) is 15.3. The summed E-state index contributed by atoms with van der Waals surface area (Å²) >= 11 is 0. The Labute approximate surface area is 187 Å². The van der Waals surface area contributed by atoms with Gasteiger partial charge in [0.25, 0.3) is 0 Å². The summed E-state index contributed by atoms with van der Waals surface area (Å²) in [6.07, 6.45) is 4.40. The lowest BCUT2D eigenvalue weighted by Crippen LogP contribution is -2.52. The van der Waals surface area contributed by atoms with Crippen LogP contribution in [0, 0.1) is 11.8 Å². The molecule has 0 aliphatic carbocycles. The lowest BCUT2D eigenvalue weighted by atomic mass is 9.99. The molecule has 1 aliphatic heterocycles. The Morgan fingerprint density at radius 1 is 1.16 bits per heavy atom. The van der Waals surface area contributed by atoms with Crippen molar-refractivity contribution in [3.05, 3.63) is 42.0 Å². The fourth-order valence-electron chi connectivity index (χ4n) is 3.33. The molecule has 4 amide bonds. The minimum absolute atomic E-state index is 0.128. The summed E-state index contributed by atoms with van der Waals surface area (Å²) in [4.78, 5) is 59.8. The van der Waals surface area contributed by atoms with E-state index < -0.39 is 29.8 Å². The van der Waals surface area contributed by atoms with Crippen molar-refractivity contribution < 1.29 is 24.0 Å². The maximum absolute atomic E-state index is 12.5. The Balaban J connectivity index is 1.82. The van der Waals surface area contributed by atoms with Crippen LogP contribution in [0.3, 0.4) is 0 Å². The van der Waals surface area contributed by atoms with Crippen molar-refractivity contribution in [3.8, 4) is 0 Å². The van der Waals surface area contributed by atoms with Crippen LogP contribution in [0.25, 0.3) is 6.08 Å². The van der Waals surface area contributed by atoms with E-state index in [2.05, 4.69) is 21.3 Å². The molecule has 2 rings (SSSR count). The number of rotatable bonds is 11. The van der Waals surface area contributed by atoms with E-state index in [0.717, 1.165) is 5.56 Å². The van der Waals surface area contributed by atoms with Gasteiger partial charge in [0.1, 0.15) is 12.3 Å². The number of carbonyl (C=O) groups is 5. The smallest absolute Gasteiger partial charge is 0.244 e. The van der Waals surface area contributed by atoms with Crippen molar-refractivity contribution in [1.29, 1.82) is 0 Å².